The van der Waals surface area contributed by atoms with Gasteiger partial charge in [-0.3, -0.25) is 40.1 Å². The summed E-state index contributed by atoms with van der Waals surface area (Å²) in [5, 5.41) is 4.84. The zero-order valence-electron chi connectivity index (χ0n) is 19.5. The lowest BCUT2D eigenvalue weighted by Crippen LogP contribution is -2.53. The minimum absolute atomic E-state index is 0.0713. The van der Waals surface area contributed by atoms with Crippen LogP contribution in [0.15, 0.2) is 85.3 Å². The summed E-state index contributed by atoms with van der Waals surface area (Å²) in [4.78, 5) is 48.2. The van der Waals surface area contributed by atoms with E-state index < -0.39 is 11.9 Å². The quantitative estimate of drug-likeness (QED) is 0.206. The molecule has 5 rings (SSSR count). The predicted molar refractivity (Wildman–Crippen MR) is 142 cm³/mol. The molecule has 4 aromatic rings. The van der Waals surface area contributed by atoms with Gasteiger partial charge >= 0.3 is 0 Å². The van der Waals surface area contributed by atoms with Gasteiger partial charge in [0.05, 0.1) is 17.2 Å². The van der Waals surface area contributed by atoms with Crippen molar-refractivity contribution in [1.29, 1.82) is 0 Å². The van der Waals surface area contributed by atoms with Crippen molar-refractivity contribution >= 4 is 45.8 Å². The molecule has 0 aliphatic carbocycles. The first kappa shape index (κ1) is 24.0. The average molecular weight is 511 g/mol. The van der Waals surface area contributed by atoms with Gasteiger partial charge in [0, 0.05) is 30.5 Å². The first-order valence-electron chi connectivity index (χ1n) is 11.6. The van der Waals surface area contributed by atoms with Gasteiger partial charge in [-0.2, -0.15) is 0 Å². The van der Waals surface area contributed by atoms with Crippen LogP contribution in [0.3, 0.4) is 0 Å². The van der Waals surface area contributed by atoms with Crippen molar-refractivity contribution in [2.24, 2.45) is 0 Å². The Morgan fingerprint density at radius 1 is 0.892 bits per heavy atom. The molecular weight excluding hydrogens is 488 g/mol. The molecule has 0 fully saturated rings. The van der Waals surface area contributed by atoms with Crippen LogP contribution in [0.25, 0.3) is 10.8 Å². The number of pyridine rings is 2. The summed E-state index contributed by atoms with van der Waals surface area (Å²) in [7, 11) is 0. The van der Waals surface area contributed by atoms with E-state index in [1.165, 1.54) is 4.90 Å². The summed E-state index contributed by atoms with van der Waals surface area (Å²) in [6, 6.07) is 19.3. The molecule has 37 heavy (non-hydrogen) atoms. The summed E-state index contributed by atoms with van der Waals surface area (Å²) in [5.41, 5.74) is 7.18. The van der Waals surface area contributed by atoms with E-state index in [9.17, 15) is 14.4 Å². The second-order valence-corrected chi connectivity index (χ2v) is 8.87. The minimum atomic E-state index is -0.454. The van der Waals surface area contributed by atoms with Gasteiger partial charge in [-0.25, -0.2) is 0 Å². The van der Waals surface area contributed by atoms with E-state index in [0.29, 0.717) is 22.9 Å². The van der Waals surface area contributed by atoms with Gasteiger partial charge in [0.25, 0.3) is 17.7 Å². The van der Waals surface area contributed by atoms with E-state index in [1.807, 2.05) is 42.5 Å². The monoisotopic (exact) mass is 510 g/mol. The first-order chi connectivity index (χ1) is 18.0. The molecule has 3 N–H and O–H groups in total. The number of carbonyl (C=O) groups is 3. The van der Waals surface area contributed by atoms with Gasteiger partial charge in [-0.15, -0.1) is 0 Å². The Labute approximate surface area is 217 Å². The summed E-state index contributed by atoms with van der Waals surface area (Å²) in [6.07, 6.45) is 5.38. The van der Waals surface area contributed by atoms with Gasteiger partial charge in [0.2, 0.25) is 0 Å². The van der Waals surface area contributed by atoms with E-state index in [-0.39, 0.29) is 29.2 Å². The Kier molecular flexibility index (Phi) is 6.82. The van der Waals surface area contributed by atoms with E-state index in [1.54, 1.807) is 42.9 Å². The van der Waals surface area contributed by atoms with Gasteiger partial charge in [0.1, 0.15) is 5.69 Å². The Balaban J connectivity index is 1.28. The molecule has 0 saturated heterocycles. The maximum atomic E-state index is 12.9. The van der Waals surface area contributed by atoms with Gasteiger partial charge in [-0.1, -0.05) is 42.5 Å². The van der Waals surface area contributed by atoms with Crippen molar-refractivity contribution in [2.45, 2.75) is 12.5 Å². The largest absolute Gasteiger partial charge is 0.356 e. The summed E-state index contributed by atoms with van der Waals surface area (Å²) >= 11 is 5.42. The van der Waals surface area contributed by atoms with Crippen LogP contribution in [0.2, 0.25) is 0 Å². The predicted octanol–water partition coefficient (Wildman–Crippen LogP) is 2.65. The topological polar surface area (TPSA) is 116 Å². The number of imide groups is 1. The highest BCUT2D eigenvalue weighted by atomic mass is 32.1. The molecule has 3 amide bonds. The van der Waals surface area contributed by atoms with Crippen LogP contribution in [0.4, 0.5) is 0 Å². The number of carbonyl (C=O) groups excluding carboxylic acids is 3. The fourth-order valence-electron chi connectivity index (χ4n) is 4.28. The lowest BCUT2D eigenvalue weighted by molar-refractivity contribution is 0.0641. The fraction of sp³-hybridized carbons (Fsp3) is 0.111. The molecule has 0 spiro atoms. The summed E-state index contributed by atoms with van der Waals surface area (Å²) in [6.45, 7) is 0.0713. The highest BCUT2D eigenvalue weighted by Crippen LogP contribution is 2.23. The molecule has 0 bridgehead atoms. The zero-order chi connectivity index (χ0) is 25.8. The molecule has 0 saturated carbocycles. The average Bonchev–Trinajstić information content (AvgIpc) is 3.17. The number of aromatic nitrogens is 2. The number of thiocarbonyl (C=S) groups is 1. The lowest BCUT2D eigenvalue weighted by atomic mass is 10.1. The van der Waals surface area contributed by atoms with Crippen LogP contribution in [-0.4, -0.2) is 50.3 Å². The Morgan fingerprint density at radius 2 is 1.62 bits per heavy atom. The number of amides is 3. The zero-order valence-corrected chi connectivity index (χ0v) is 20.4. The van der Waals surface area contributed by atoms with Crippen molar-refractivity contribution in [3.8, 4) is 0 Å². The van der Waals surface area contributed by atoms with Crippen molar-refractivity contribution in [1.82, 2.24) is 31.0 Å². The van der Waals surface area contributed by atoms with Crippen LogP contribution >= 0.6 is 12.2 Å². The highest BCUT2D eigenvalue weighted by molar-refractivity contribution is 7.80. The second-order valence-electron chi connectivity index (χ2n) is 8.46. The number of fused-ring (bicyclic) bond motifs is 2. The molecule has 3 heterocycles. The van der Waals surface area contributed by atoms with E-state index in [4.69, 9.17) is 12.2 Å². The van der Waals surface area contributed by atoms with Gasteiger partial charge in [-0.05, 0) is 53.9 Å². The Morgan fingerprint density at radius 3 is 2.35 bits per heavy atom. The standard InChI is InChI=1S/C27H22N6O3S/c34-24(23-20-8-2-1-7-18(20)11-13-29-23)31-32-27(37)30-19(14-17-6-5-12-28-15-17)16-33-25(35)21-9-3-4-10-22(21)26(33)36/h1-13,15,19H,14,16H2,(H,31,34)(H2,30,32,37)/t19-/m1/s1. The molecular formula is C27H22N6O3S. The van der Waals surface area contributed by atoms with Crippen molar-refractivity contribution < 1.29 is 14.4 Å². The maximum Gasteiger partial charge on any atom is 0.288 e. The number of hydrogen-bond donors (Lipinski definition) is 3. The number of nitrogens with zero attached hydrogens (tertiary/aromatic N) is 3. The maximum absolute atomic E-state index is 12.9. The van der Waals surface area contributed by atoms with Crippen molar-refractivity contribution in [2.75, 3.05) is 6.54 Å². The molecule has 2 aromatic carbocycles. The van der Waals surface area contributed by atoms with Gasteiger partial charge < -0.3 is 5.32 Å². The Bertz CT molecular complexity index is 1470. The van der Waals surface area contributed by atoms with Crippen LogP contribution in [0.5, 0.6) is 0 Å². The third-order valence-corrected chi connectivity index (χ3v) is 6.22. The smallest absolute Gasteiger partial charge is 0.288 e. The minimum Gasteiger partial charge on any atom is -0.356 e. The third-order valence-electron chi connectivity index (χ3n) is 6.00. The number of nitrogens with one attached hydrogen (secondary N) is 3. The first-order valence-corrected chi connectivity index (χ1v) is 12.0. The summed E-state index contributed by atoms with van der Waals surface area (Å²) in [5.74, 6) is -1.16. The third kappa shape index (κ3) is 5.14. The highest BCUT2D eigenvalue weighted by Gasteiger charge is 2.36. The number of hydrogen-bond acceptors (Lipinski definition) is 6. The van der Waals surface area contributed by atoms with Crippen LogP contribution in [-0.2, 0) is 6.42 Å². The van der Waals surface area contributed by atoms with E-state index in [0.717, 1.165) is 10.9 Å². The molecule has 10 heteroatoms. The number of rotatable bonds is 6. The second kappa shape index (κ2) is 10.5. The fourth-order valence-corrected chi connectivity index (χ4v) is 4.50. The molecule has 2 aromatic heterocycles. The van der Waals surface area contributed by atoms with Crippen LogP contribution < -0.4 is 16.2 Å². The molecule has 1 aliphatic rings. The molecule has 1 atom stereocenters. The van der Waals surface area contributed by atoms with Crippen molar-refractivity contribution in [3.05, 3.63) is 108 Å². The Hall–Kier alpha value is -4.70. The van der Waals surface area contributed by atoms with Crippen LogP contribution in [0.1, 0.15) is 36.8 Å². The molecule has 9 nitrogen and oxygen atoms in total. The van der Waals surface area contributed by atoms with Gasteiger partial charge in [0.15, 0.2) is 5.11 Å². The molecule has 184 valence electrons. The summed E-state index contributed by atoms with van der Waals surface area (Å²) < 4.78 is 0. The van der Waals surface area contributed by atoms with E-state index >= 15 is 0 Å². The van der Waals surface area contributed by atoms with Crippen molar-refractivity contribution in [3.63, 3.8) is 0 Å². The molecule has 0 unspecified atom stereocenters. The molecule has 0 radical (unpaired) electrons. The molecule has 1 aliphatic heterocycles. The lowest BCUT2D eigenvalue weighted by Gasteiger charge is -2.25. The van der Waals surface area contributed by atoms with Crippen LogP contribution in [0, 0.1) is 0 Å². The van der Waals surface area contributed by atoms with E-state index in [2.05, 4.69) is 26.1 Å². The number of benzene rings is 2. The SMILES string of the molecule is O=C(NNC(=S)N[C@H](Cc1cccnc1)CN1C(=O)c2ccccc2C1=O)c1nccc2ccccc12. The number of hydrazine groups is 1. The normalized spacial score (nSPS) is 13.2.